The fraction of sp³-hybridized carbons (Fsp3) is 0.613. The first-order valence-corrected chi connectivity index (χ1v) is 15.2. The second-order valence-electron chi connectivity index (χ2n) is 10.8. The molecule has 0 bridgehead atoms. The van der Waals surface area contributed by atoms with Gasteiger partial charge in [-0.2, -0.15) is 0 Å². The molecule has 1 aliphatic heterocycles. The number of benzene rings is 2. The van der Waals surface area contributed by atoms with Crippen molar-refractivity contribution in [1.82, 2.24) is 0 Å². The van der Waals surface area contributed by atoms with Crippen molar-refractivity contribution in [3.8, 4) is 11.1 Å². The number of hydrogen-bond acceptors (Lipinski definition) is 0. The van der Waals surface area contributed by atoms with Crippen LogP contribution in [0.15, 0.2) is 42.5 Å². The van der Waals surface area contributed by atoms with Crippen molar-refractivity contribution in [3.05, 3.63) is 59.4 Å². The Morgan fingerprint density at radius 1 is 0.879 bits per heavy atom. The van der Waals surface area contributed by atoms with E-state index in [2.05, 4.69) is 44.2 Å². The molecule has 0 N–H and O–H groups in total. The molecule has 2 aromatic rings. The van der Waals surface area contributed by atoms with Crippen LogP contribution in [-0.4, -0.2) is 9.52 Å². The molecule has 1 aliphatic carbocycles. The van der Waals surface area contributed by atoms with Gasteiger partial charge in [0.1, 0.15) is 5.82 Å². The van der Waals surface area contributed by atoms with Crippen LogP contribution >= 0.6 is 0 Å². The summed E-state index contributed by atoms with van der Waals surface area (Å²) in [4.78, 5) is 0. The highest BCUT2D eigenvalue weighted by Crippen LogP contribution is 2.43. The average Bonchev–Trinajstić information content (AvgIpc) is 2.86. The van der Waals surface area contributed by atoms with E-state index in [0.717, 1.165) is 26.6 Å². The summed E-state index contributed by atoms with van der Waals surface area (Å²) >= 11 is 0. The summed E-state index contributed by atoms with van der Waals surface area (Å²) < 4.78 is 15.2. The molecule has 1 saturated heterocycles. The lowest BCUT2D eigenvalue weighted by Crippen LogP contribution is -2.30. The maximum atomic E-state index is 15.2. The molecular formula is C31H43FSi. The first-order valence-electron chi connectivity index (χ1n) is 13.8. The number of unbranched alkanes of at least 4 members (excludes halogenated alkanes) is 2. The number of halogens is 1. The fourth-order valence-corrected chi connectivity index (χ4v) is 8.08. The Hall–Kier alpha value is -1.41. The van der Waals surface area contributed by atoms with Crippen LogP contribution in [0.4, 0.5) is 4.39 Å². The minimum absolute atomic E-state index is 0.0487. The molecule has 33 heavy (non-hydrogen) atoms. The summed E-state index contributed by atoms with van der Waals surface area (Å²) in [5, 5.41) is 0. The molecule has 2 radical (unpaired) electrons. The summed E-state index contributed by atoms with van der Waals surface area (Å²) in [6.07, 6.45) is 15.6. The van der Waals surface area contributed by atoms with Gasteiger partial charge in [-0.05, 0) is 85.0 Å². The monoisotopic (exact) mass is 462 g/mol. The van der Waals surface area contributed by atoms with Gasteiger partial charge in [-0.15, -0.1) is 0 Å². The van der Waals surface area contributed by atoms with Gasteiger partial charge < -0.3 is 0 Å². The van der Waals surface area contributed by atoms with E-state index in [1.807, 2.05) is 12.1 Å². The van der Waals surface area contributed by atoms with Gasteiger partial charge in [0.25, 0.3) is 0 Å². The molecule has 4 rings (SSSR count). The normalized spacial score (nSPS) is 22.9. The largest absolute Gasteiger partial charge is 0.206 e. The van der Waals surface area contributed by atoms with E-state index in [-0.39, 0.29) is 5.82 Å². The van der Waals surface area contributed by atoms with E-state index < -0.39 is 0 Å². The Kier molecular flexibility index (Phi) is 8.85. The smallest absolute Gasteiger partial charge is 0.131 e. The highest BCUT2D eigenvalue weighted by molar-refractivity contribution is 6.35. The molecule has 2 heteroatoms. The maximum Gasteiger partial charge on any atom is 0.131 e. The first-order chi connectivity index (χ1) is 16.1. The van der Waals surface area contributed by atoms with Crippen LogP contribution in [0, 0.1) is 11.7 Å². The van der Waals surface area contributed by atoms with Gasteiger partial charge in [-0.25, -0.2) is 4.39 Å². The summed E-state index contributed by atoms with van der Waals surface area (Å²) in [6.45, 7) is 4.58. The molecule has 178 valence electrons. The lowest BCUT2D eigenvalue weighted by molar-refractivity contribution is 0.308. The second-order valence-corrected chi connectivity index (χ2v) is 12.3. The van der Waals surface area contributed by atoms with Crippen LogP contribution in [0.3, 0.4) is 0 Å². The SMILES string of the molecule is CCCCCC1(c2ccc(-c3ccc(C4CCC(CCC)CC4)cc3F)cc2)CC[Si]CC1. The van der Waals surface area contributed by atoms with Crippen LogP contribution in [0.2, 0.25) is 12.1 Å². The maximum absolute atomic E-state index is 15.2. The van der Waals surface area contributed by atoms with E-state index in [1.165, 1.54) is 100 Å². The van der Waals surface area contributed by atoms with E-state index in [4.69, 9.17) is 0 Å². The second kappa shape index (κ2) is 11.8. The van der Waals surface area contributed by atoms with Gasteiger partial charge in [0, 0.05) is 15.1 Å². The van der Waals surface area contributed by atoms with Gasteiger partial charge in [0.2, 0.25) is 0 Å². The highest BCUT2D eigenvalue weighted by Gasteiger charge is 2.33. The molecule has 2 aromatic carbocycles. The fourth-order valence-electron chi connectivity index (χ4n) is 6.52. The molecule has 0 unspecified atom stereocenters. The van der Waals surface area contributed by atoms with Crippen LogP contribution in [0.25, 0.3) is 11.1 Å². The van der Waals surface area contributed by atoms with E-state index in [0.29, 0.717) is 11.3 Å². The van der Waals surface area contributed by atoms with Crippen LogP contribution in [0.5, 0.6) is 0 Å². The quantitative estimate of drug-likeness (QED) is 0.257. The highest BCUT2D eigenvalue weighted by atomic mass is 28.2. The lowest BCUT2D eigenvalue weighted by atomic mass is 9.71. The molecule has 0 spiro atoms. The number of hydrogen-bond donors (Lipinski definition) is 0. The number of rotatable bonds is 9. The molecule has 0 aromatic heterocycles. The third-order valence-electron chi connectivity index (χ3n) is 8.64. The van der Waals surface area contributed by atoms with Crippen molar-refractivity contribution in [3.63, 3.8) is 0 Å². The minimum atomic E-state index is -0.0487. The van der Waals surface area contributed by atoms with Gasteiger partial charge in [0.05, 0.1) is 0 Å². The topological polar surface area (TPSA) is 0 Å². The molecule has 0 amide bonds. The van der Waals surface area contributed by atoms with E-state index in [1.54, 1.807) is 0 Å². The minimum Gasteiger partial charge on any atom is -0.206 e. The summed E-state index contributed by atoms with van der Waals surface area (Å²) in [7, 11) is 1.14. The third kappa shape index (κ3) is 5.99. The van der Waals surface area contributed by atoms with Gasteiger partial charge in [-0.1, -0.05) is 94.4 Å². The zero-order valence-electron chi connectivity index (χ0n) is 21.0. The molecule has 2 aliphatic rings. The molecule has 2 fully saturated rings. The zero-order valence-corrected chi connectivity index (χ0v) is 22.0. The summed E-state index contributed by atoms with van der Waals surface area (Å²) in [5.41, 5.74) is 4.84. The molecule has 0 atom stereocenters. The zero-order chi connectivity index (χ0) is 23.1. The van der Waals surface area contributed by atoms with Crippen molar-refractivity contribution in [2.75, 3.05) is 0 Å². The van der Waals surface area contributed by atoms with Crippen molar-refractivity contribution in [1.29, 1.82) is 0 Å². The molecule has 1 saturated carbocycles. The standard InChI is InChI=1S/C31H43FSi/c1-3-5-6-18-31(19-21-33-22-20-31)28-15-12-26(13-16-28)29-17-14-27(23-30(29)32)25-10-8-24(7-4-2)9-11-25/h12-17,23-25H,3-11,18-22H2,1-2H3. The Bertz CT molecular complexity index is 857. The predicted molar refractivity (Wildman–Crippen MR) is 142 cm³/mol. The molecular weight excluding hydrogens is 419 g/mol. The Balaban J connectivity index is 1.47. The molecule has 1 heterocycles. The van der Waals surface area contributed by atoms with E-state index in [9.17, 15) is 0 Å². The van der Waals surface area contributed by atoms with Crippen molar-refractivity contribution in [2.45, 2.75) is 114 Å². The van der Waals surface area contributed by atoms with Gasteiger partial charge >= 0.3 is 0 Å². The predicted octanol–water partition coefficient (Wildman–Crippen LogP) is 9.72. The van der Waals surface area contributed by atoms with Crippen LogP contribution in [0.1, 0.15) is 108 Å². The Morgan fingerprint density at radius 2 is 1.61 bits per heavy atom. The van der Waals surface area contributed by atoms with Gasteiger partial charge in [-0.3, -0.25) is 0 Å². The average molecular weight is 463 g/mol. The lowest BCUT2D eigenvalue weighted by Gasteiger charge is -2.38. The van der Waals surface area contributed by atoms with Crippen LogP contribution < -0.4 is 0 Å². The van der Waals surface area contributed by atoms with Crippen molar-refractivity contribution >= 4 is 9.52 Å². The Morgan fingerprint density at radius 3 is 2.24 bits per heavy atom. The van der Waals surface area contributed by atoms with E-state index >= 15 is 4.39 Å². The Labute approximate surface area is 204 Å². The van der Waals surface area contributed by atoms with Crippen molar-refractivity contribution in [2.24, 2.45) is 5.92 Å². The first kappa shape index (κ1) is 24.7. The van der Waals surface area contributed by atoms with Crippen LogP contribution in [-0.2, 0) is 5.41 Å². The van der Waals surface area contributed by atoms with Crippen molar-refractivity contribution < 1.29 is 4.39 Å². The van der Waals surface area contributed by atoms with Gasteiger partial charge in [0.15, 0.2) is 0 Å². The summed E-state index contributed by atoms with van der Waals surface area (Å²) in [5.74, 6) is 1.38. The third-order valence-corrected chi connectivity index (χ3v) is 9.84. The molecule has 0 nitrogen and oxygen atoms in total. The summed E-state index contributed by atoms with van der Waals surface area (Å²) in [6, 6.07) is 17.8.